The summed E-state index contributed by atoms with van der Waals surface area (Å²) < 4.78 is 0. The molecule has 0 heterocycles. The van der Waals surface area contributed by atoms with E-state index >= 15 is 0 Å². The first kappa shape index (κ1) is 14.3. The molecule has 18 heavy (non-hydrogen) atoms. The molecule has 2 saturated carbocycles. The van der Waals surface area contributed by atoms with Crippen molar-refractivity contribution in [1.29, 1.82) is 0 Å². The average Bonchev–Trinajstić information content (AvgIpc) is 3.11. The Hall–Kier alpha value is -0.0800. The van der Waals surface area contributed by atoms with Gasteiger partial charge in [0.25, 0.3) is 0 Å². The van der Waals surface area contributed by atoms with E-state index in [1.807, 2.05) is 0 Å². The fourth-order valence-corrected chi connectivity index (χ4v) is 3.64. The van der Waals surface area contributed by atoms with Crippen LogP contribution < -0.4 is 5.32 Å². The molecule has 0 aromatic carbocycles. The molecule has 0 saturated heterocycles. The van der Waals surface area contributed by atoms with Gasteiger partial charge in [0.1, 0.15) is 0 Å². The fraction of sp³-hybridized carbons (Fsp3) is 1.00. The minimum Gasteiger partial charge on any atom is -0.317 e. The maximum absolute atomic E-state index is 3.56. The summed E-state index contributed by atoms with van der Waals surface area (Å²) in [5.41, 5.74) is 0.553. The minimum atomic E-state index is 0.553. The Labute approximate surface area is 114 Å². The molecule has 2 rings (SSSR count). The SMILES string of the molecule is CCN(CC1CC1)CC1CC(C)(C)CCC1NC. The Morgan fingerprint density at radius 3 is 2.44 bits per heavy atom. The van der Waals surface area contributed by atoms with Crippen molar-refractivity contribution in [2.75, 3.05) is 26.7 Å². The van der Waals surface area contributed by atoms with Gasteiger partial charge in [-0.3, -0.25) is 0 Å². The van der Waals surface area contributed by atoms with Crippen molar-refractivity contribution in [3.63, 3.8) is 0 Å². The van der Waals surface area contributed by atoms with Crippen LogP contribution in [0.1, 0.15) is 52.9 Å². The molecule has 0 aromatic rings. The fourth-order valence-electron chi connectivity index (χ4n) is 3.64. The lowest BCUT2D eigenvalue weighted by Crippen LogP contribution is -2.46. The highest BCUT2D eigenvalue weighted by Crippen LogP contribution is 2.39. The molecule has 0 bridgehead atoms. The first-order chi connectivity index (χ1) is 8.54. The molecule has 0 aliphatic heterocycles. The summed E-state index contributed by atoms with van der Waals surface area (Å²) in [5, 5.41) is 3.56. The Balaban J connectivity index is 1.89. The first-order valence-electron chi connectivity index (χ1n) is 7.93. The maximum Gasteiger partial charge on any atom is 0.0105 e. The smallest absolute Gasteiger partial charge is 0.0105 e. The van der Waals surface area contributed by atoms with Crippen LogP contribution in [0.15, 0.2) is 0 Å². The van der Waals surface area contributed by atoms with E-state index in [0.29, 0.717) is 5.41 Å². The second-order valence-electron chi connectivity index (χ2n) is 7.36. The van der Waals surface area contributed by atoms with E-state index < -0.39 is 0 Å². The summed E-state index contributed by atoms with van der Waals surface area (Å²) in [6.07, 6.45) is 7.07. The van der Waals surface area contributed by atoms with Gasteiger partial charge in [0, 0.05) is 19.1 Å². The van der Waals surface area contributed by atoms with E-state index in [9.17, 15) is 0 Å². The van der Waals surface area contributed by atoms with Gasteiger partial charge in [-0.15, -0.1) is 0 Å². The number of nitrogens with zero attached hydrogens (tertiary/aromatic N) is 1. The van der Waals surface area contributed by atoms with Crippen LogP contribution in [0.2, 0.25) is 0 Å². The highest BCUT2D eigenvalue weighted by molar-refractivity contribution is 4.90. The van der Waals surface area contributed by atoms with E-state index in [2.05, 4.69) is 38.0 Å². The Kier molecular flexibility index (Phi) is 4.71. The molecule has 0 spiro atoms. The molecule has 1 N–H and O–H groups in total. The van der Waals surface area contributed by atoms with Crippen molar-refractivity contribution in [2.45, 2.75) is 58.9 Å². The summed E-state index contributed by atoms with van der Waals surface area (Å²) in [5.74, 6) is 1.87. The quantitative estimate of drug-likeness (QED) is 0.781. The van der Waals surface area contributed by atoms with Gasteiger partial charge >= 0.3 is 0 Å². The Morgan fingerprint density at radius 2 is 1.89 bits per heavy atom. The molecule has 106 valence electrons. The van der Waals surface area contributed by atoms with E-state index in [-0.39, 0.29) is 0 Å². The van der Waals surface area contributed by atoms with Crippen LogP contribution in [-0.4, -0.2) is 37.6 Å². The van der Waals surface area contributed by atoms with Gasteiger partial charge in [-0.1, -0.05) is 20.8 Å². The standard InChI is InChI=1S/C16H32N2/c1-5-18(11-13-6-7-13)12-14-10-16(2,3)9-8-15(14)17-4/h13-15,17H,5-12H2,1-4H3. The summed E-state index contributed by atoms with van der Waals surface area (Å²) in [6, 6.07) is 0.742. The molecule has 2 unspecified atom stereocenters. The second-order valence-corrected chi connectivity index (χ2v) is 7.36. The number of nitrogens with one attached hydrogen (secondary N) is 1. The molecule has 2 fully saturated rings. The Morgan fingerprint density at radius 1 is 1.17 bits per heavy atom. The minimum absolute atomic E-state index is 0.553. The Bertz CT molecular complexity index is 258. The van der Waals surface area contributed by atoms with Crippen LogP contribution in [-0.2, 0) is 0 Å². The molecule has 0 radical (unpaired) electrons. The van der Waals surface area contributed by atoms with Gasteiger partial charge in [0.2, 0.25) is 0 Å². The first-order valence-corrected chi connectivity index (χ1v) is 7.93. The summed E-state index contributed by atoms with van der Waals surface area (Å²) in [6.45, 7) is 11.1. The van der Waals surface area contributed by atoms with Gasteiger partial charge in [0.15, 0.2) is 0 Å². The average molecular weight is 252 g/mol. The van der Waals surface area contributed by atoms with Crippen LogP contribution in [0, 0.1) is 17.3 Å². The lowest BCUT2D eigenvalue weighted by Gasteiger charge is -2.42. The molecular formula is C16H32N2. The number of rotatable bonds is 6. The van der Waals surface area contributed by atoms with Gasteiger partial charge < -0.3 is 10.2 Å². The summed E-state index contributed by atoms with van der Waals surface area (Å²) in [4.78, 5) is 2.70. The third-order valence-electron chi connectivity index (χ3n) is 5.04. The molecule has 0 aromatic heterocycles. The third kappa shape index (κ3) is 3.96. The van der Waals surface area contributed by atoms with Crippen LogP contribution in [0.3, 0.4) is 0 Å². The van der Waals surface area contributed by atoms with Crippen LogP contribution in [0.4, 0.5) is 0 Å². The van der Waals surface area contributed by atoms with Crippen molar-refractivity contribution in [2.24, 2.45) is 17.3 Å². The molecular weight excluding hydrogens is 220 g/mol. The van der Waals surface area contributed by atoms with Crippen molar-refractivity contribution in [3.05, 3.63) is 0 Å². The van der Waals surface area contributed by atoms with Gasteiger partial charge in [-0.2, -0.15) is 0 Å². The number of hydrogen-bond donors (Lipinski definition) is 1. The predicted octanol–water partition coefficient (Wildman–Crippen LogP) is 3.13. The molecule has 0 amide bonds. The van der Waals surface area contributed by atoms with Gasteiger partial charge in [-0.25, -0.2) is 0 Å². The van der Waals surface area contributed by atoms with Crippen molar-refractivity contribution in [1.82, 2.24) is 10.2 Å². The lowest BCUT2D eigenvalue weighted by atomic mass is 9.69. The van der Waals surface area contributed by atoms with Crippen LogP contribution >= 0.6 is 0 Å². The van der Waals surface area contributed by atoms with E-state index in [1.165, 1.54) is 51.7 Å². The number of hydrogen-bond acceptors (Lipinski definition) is 2. The largest absolute Gasteiger partial charge is 0.317 e. The van der Waals surface area contributed by atoms with E-state index in [1.54, 1.807) is 0 Å². The molecule has 2 aliphatic rings. The zero-order valence-electron chi connectivity index (χ0n) is 12.8. The van der Waals surface area contributed by atoms with Crippen LogP contribution in [0.25, 0.3) is 0 Å². The normalized spacial score (nSPS) is 31.8. The molecule has 2 atom stereocenters. The predicted molar refractivity (Wildman–Crippen MR) is 78.8 cm³/mol. The van der Waals surface area contributed by atoms with Crippen molar-refractivity contribution < 1.29 is 0 Å². The topological polar surface area (TPSA) is 15.3 Å². The highest BCUT2D eigenvalue weighted by atomic mass is 15.1. The highest BCUT2D eigenvalue weighted by Gasteiger charge is 2.35. The zero-order valence-corrected chi connectivity index (χ0v) is 12.8. The van der Waals surface area contributed by atoms with E-state index in [0.717, 1.165) is 17.9 Å². The summed E-state index contributed by atoms with van der Waals surface area (Å²) >= 11 is 0. The summed E-state index contributed by atoms with van der Waals surface area (Å²) in [7, 11) is 2.15. The van der Waals surface area contributed by atoms with Gasteiger partial charge in [-0.05, 0) is 62.9 Å². The third-order valence-corrected chi connectivity index (χ3v) is 5.04. The van der Waals surface area contributed by atoms with Crippen molar-refractivity contribution >= 4 is 0 Å². The zero-order chi connectivity index (χ0) is 13.2. The maximum atomic E-state index is 3.56. The monoisotopic (exact) mass is 252 g/mol. The van der Waals surface area contributed by atoms with E-state index in [4.69, 9.17) is 0 Å². The molecule has 2 nitrogen and oxygen atoms in total. The lowest BCUT2D eigenvalue weighted by molar-refractivity contribution is 0.103. The molecule has 2 aliphatic carbocycles. The van der Waals surface area contributed by atoms with Crippen LogP contribution in [0.5, 0.6) is 0 Å². The van der Waals surface area contributed by atoms with Crippen molar-refractivity contribution in [3.8, 4) is 0 Å². The van der Waals surface area contributed by atoms with Gasteiger partial charge in [0.05, 0.1) is 0 Å². The second kappa shape index (κ2) is 5.92. The molecule has 2 heteroatoms.